The van der Waals surface area contributed by atoms with Crippen molar-refractivity contribution in [3.8, 4) is 5.75 Å². The maximum Gasteiger partial charge on any atom is 0.265 e. The quantitative estimate of drug-likeness (QED) is 0.539. The number of hydrogen-bond donors (Lipinski definition) is 1. The molecule has 0 saturated heterocycles. The van der Waals surface area contributed by atoms with Gasteiger partial charge in [0.05, 0.1) is 5.69 Å². The van der Waals surface area contributed by atoms with Gasteiger partial charge < -0.3 is 10.1 Å². The molecule has 148 valence electrons. The average Bonchev–Trinajstić information content (AvgIpc) is 2.75. The van der Waals surface area contributed by atoms with Gasteiger partial charge in [-0.25, -0.2) is 0 Å². The van der Waals surface area contributed by atoms with Gasteiger partial charge in [0.15, 0.2) is 6.10 Å². The minimum absolute atomic E-state index is 0.149. The van der Waals surface area contributed by atoms with Crippen LogP contribution in [0.15, 0.2) is 82.6 Å². The maximum absolute atomic E-state index is 12.8. The number of ether oxygens (including phenoxy) is 1. The van der Waals surface area contributed by atoms with E-state index in [2.05, 4.69) is 29.6 Å². The van der Waals surface area contributed by atoms with Gasteiger partial charge in [-0.3, -0.25) is 4.79 Å². The molecule has 1 aliphatic carbocycles. The number of amides is 1. The summed E-state index contributed by atoms with van der Waals surface area (Å²) in [5.74, 6) is 0.615. The van der Waals surface area contributed by atoms with Crippen molar-refractivity contribution >= 4 is 23.4 Å². The molecule has 0 bridgehead atoms. The maximum atomic E-state index is 12.8. The van der Waals surface area contributed by atoms with Crippen LogP contribution >= 0.6 is 11.8 Å². The van der Waals surface area contributed by atoms with Crippen molar-refractivity contribution in [2.75, 3.05) is 5.32 Å². The van der Waals surface area contributed by atoms with Gasteiger partial charge in [-0.2, -0.15) is 0 Å². The number of aryl methyl sites for hydroxylation is 2. The molecular formula is C25H25NO2S. The molecule has 0 aromatic heterocycles. The van der Waals surface area contributed by atoms with Gasteiger partial charge in [0.25, 0.3) is 5.91 Å². The van der Waals surface area contributed by atoms with Crippen LogP contribution in [-0.2, 0) is 17.6 Å². The van der Waals surface area contributed by atoms with Crippen LogP contribution in [0.5, 0.6) is 5.75 Å². The number of benzene rings is 3. The molecule has 3 aromatic rings. The molecule has 0 unspecified atom stereocenters. The standard InChI is InChI=1S/C25H25NO2S/c1-18(28-21-16-15-19-9-5-6-10-20(19)17-21)25(27)26-23-13-7-8-14-24(23)29-22-11-3-2-4-12-22/h2-4,7-8,11-18H,5-6,9-10H2,1H3,(H,26,27)/t18-/m0/s1. The minimum atomic E-state index is -0.577. The molecule has 0 spiro atoms. The van der Waals surface area contributed by atoms with Crippen LogP contribution in [0.3, 0.4) is 0 Å². The summed E-state index contributed by atoms with van der Waals surface area (Å²) in [4.78, 5) is 14.9. The lowest BCUT2D eigenvalue weighted by atomic mass is 9.92. The van der Waals surface area contributed by atoms with Crippen LogP contribution in [0, 0.1) is 0 Å². The monoisotopic (exact) mass is 403 g/mol. The molecule has 0 saturated carbocycles. The van der Waals surface area contributed by atoms with Crippen LogP contribution in [0.2, 0.25) is 0 Å². The summed E-state index contributed by atoms with van der Waals surface area (Å²) in [6.45, 7) is 1.79. The van der Waals surface area contributed by atoms with E-state index in [9.17, 15) is 4.79 Å². The predicted octanol–water partition coefficient (Wildman–Crippen LogP) is 6.12. The fourth-order valence-corrected chi connectivity index (χ4v) is 4.47. The van der Waals surface area contributed by atoms with Gasteiger partial charge in [-0.1, -0.05) is 48.2 Å². The van der Waals surface area contributed by atoms with Gasteiger partial charge in [-0.15, -0.1) is 0 Å². The fraction of sp³-hybridized carbons (Fsp3) is 0.240. The zero-order valence-electron chi connectivity index (χ0n) is 16.6. The van der Waals surface area contributed by atoms with E-state index in [-0.39, 0.29) is 5.91 Å². The number of hydrogen-bond acceptors (Lipinski definition) is 3. The Kier molecular flexibility index (Phi) is 6.20. The molecule has 0 heterocycles. The van der Waals surface area contributed by atoms with Gasteiger partial charge in [0.1, 0.15) is 5.75 Å². The zero-order valence-corrected chi connectivity index (χ0v) is 17.4. The number of carbonyl (C=O) groups is 1. The minimum Gasteiger partial charge on any atom is -0.481 e. The van der Waals surface area contributed by atoms with E-state index in [1.807, 2.05) is 48.5 Å². The third kappa shape index (κ3) is 5.01. The molecule has 29 heavy (non-hydrogen) atoms. The summed E-state index contributed by atoms with van der Waals surface area (Å²) in [7, 11) is 0. The van der Waals surface area contributed by atoms with E-state index < -0.39 is 6.10 Å². The van der Waals surface area contributed by atoms with Crippen LogP contribution in [0.4, 0.5) is 5.69 Å². The van der Waals surface area contributed by atoms with Crippen LogP contribution in [0.25, 0.3) is 0 Å². The van der Waals surface area contributed by atoms with E-state index in [1.165, 1.54) is 24.0 Å². The largest absolute Gasteiger partial charge is 0.481 e. The summed E-state index contributed by atoms with van der Waals surface area (Å²) >= 11 is 1.63. The van der Waals surface area contributed by atoms with E-state index >= 15 is 0 Å². The SMILES string of the molecule is C[C@H](Oc1ccc2c(c1)CCCC2)C(=O)Nc1ccccc1Sc1ccccc1. The summed E-state index contributed by atoms with van der Waals surface area (Å²) in [6.07, 6.45) is 4.14. The normalized spacial score (nSPS) is 14.0. The first-order valence-electron chi connectivity index (χ1n) is 10.1. The smallest absolute Gasteiger partial charge is 0.265 e. The van der Waals surface area contributed by atoms with Gasteiger partial charge in [0.2, 0.25) is 0 Å². The second-order valence-corrected chi connectivity index (χ2v) is 8.41. The Balaban J connectivity index is 1.43. The molecule has 1 atom stereocenters. The summed E-state index contributed by atoms with van der Waals surface area (Å²) in [5.41, 5.74) is 3.56. The molecule has 0 aliphatic heterocycles. The predicted molar refractivity (Wildman–Crippen MR) is 119 cm³/mol. The third-order valence-corrected chi connectivity index (χ3v) is 6.20. The summed E-state index contributed by atoms with van der Waals surface area (Å²) in [5, 5.41) is 3.03. The van der Waals surface area contributed by atoms with Gasteiger partial charge in [-0.05, 0) is 80.1 Å². The number of anilines is 1. The molecular weight excluding hydrogens is 378 g/mol. The van der Waals surface area contributed by atoms with Crippen molar-refractivity contribution in [1.29, 1.82) is 0 Å². The molecule has 1 N–H and O–H groups in total. The number of para-hydroxylation sites is 1. The van der Waals surface area contributed by atoms with Crippen molar-refractivity contribution in [3.05, 3.63) is 83.9 Å². The van der Waals surface area contributed by atoms with Crippen molar-refractivity contribution in [3.63, 3.8) is 0 Å². The van der Waals surface area contributed by atoms with Gasteiger partial charge in [0, 0.05) is 9.79 Å². The number of rotatable bonds is 6. The Labute approximate surface area is 176 Å². The van der Waals surface area contributed by atoms with Crippen LogP contribution in [0.1, 0.15) is 30.9 Å². The first kappa shape index (κ1) is 19.6. The molecule has 3 aromatic carbocycles. The highest BCUT2D eigenvalue weighted by Gasteiger charge is 2.18. The van der Waals surface area contributed by atoms with E-state index in [0.717, 1.165) is 34.1 Å². The summed E-state index contributed by atoms with van der Waals surface area (Å²) < 4.78 is 5.95. The lowest BCUT2D eigenvalue weighted by Gasteiger charge is -2.19. The zero-order chi connectivity index (χ0) is 20.1. The number of fused-ring (bicyclic) bond motifs is 1. The van der Waals surface area contributed by atoms with Crippen molar-refractivity contribution in [1.82, 2.24) is 0 Å². The highest BCUT2D eigenvalue weighted by molar-refractivity contribution is 7.99. The highest BCUT2D eigenvalue weighted by atomic mass is 32.2. The van der Waals surface area contributed by atoms with E-state index in [4.69, 9.17) is 4.74 Å². The fourth-order valence-electron chi connectivity index (χ4n) is 3.55. The first-order valence-corrected chi connectivity index (χ1v) is 10.9. The van der Waals surface area contributed by atoms with Gasteiger partial charge >= 0.3 is 0 Å². The summed E-state index contributed by atoms with van der Waals surface area (Å²) in [6, 6.07) is 24.2. The molecule has 1 amide bonds. The molecule has 1 aliphatic rings. The lowest BCUT2D eigenvalue weighted by molar-refractivity contribution is -0.122. The lowest BCUT2D eigenvalue weighted by Crippen LogP contribution is -2.30. The number of carbonyl (C=O) groups excluding carboxylic acids is 1. The Bertz CT molecular complexity index is 987. The second-order valence-electron chi connectivity index (χ2n) is 7.30. The molecule has 0 radical (unpaired) electrons. The first-order chi connectivity index (χ1) is 14.2. The molecule has 4 rings (SSSR count). The third-order valence-electron chi connectivity index (χ3n) is 5.12. The second kappa shape index (κ2) is 9.19. The average molecular weight is 404 g/mol. The molecule has 4 heteroatoms. The number of nitrogens with one attached hydrogen (secondary N) is 1. The van der Waals surface area contributed by atoms with E-state index in [1.54, 1.807) is 18.7 Å². The molecule has 0 fully saturated rings. The van der Waals surface area contributed by atoms with Crippen LogP contribution < -0.4 is 10.1 Å². The Morgan fingerprint density at radius 2 is 1.66 bits per heavy atom. The van der Waals surface area contributed by atoms with Crippen molar-refractivity contribution < 1.29 is 9.53 Å². The molecule has 3 nitrogen and oxygen atoms in total. The highest BCUT2D eigenvalue weighted by Crippen LogP contribution is 2.33. The Morgan fingerprint density at radius 3 is 2.48 bits per heavy atom. The van der Waals surface area contributed by atoms with E-state index in [0.29, 0.717) is 0 Å². The topological polar surface area (TPSA) is 38.3 Å². The Morgan fingerprint density at radius 1 is 0.931 bits per heavy atom. The van der Waals surface area contributed by atoms with Crippen molar-refractivity contribution in [2.45, 2.75) is 48.5 Å². The van der Waals surface area contributed by atoms with Crippen molar-refractivity contribution in [2.24, 2.45) is 0 Å². The Hall–Kier alpha value is -2.72. The van der Waals surface area contributed by atoms with Crippen LogP contribution in [-0.4, -0.2) is 12.0 Å².